The highest BCUT2D eigenvalue weighted by atomic mass is 32.2. The van der Waals surface area contributed by atoms with Gasteiger partial charge >= 0.3 is 0 Å². The molecular formula is C15H24N2S. The first-order valence-electron chi connectivity index (χ1n) is 6.88. The van der Waals surface area contributed by atoms with Gasteiger partial charge in [-0.3, -0.25) is 4.90 Å². The molecule has 1 unspecified atom stereocenters. The van der Waals surface area contributed by atoms with Crippen molar-refractivity contribution in [3.05, 3.63) is 35.4 Å². The average molecular weight is 264 g/mol. The van der Waals surface area contributed by atoms with Gasteiger partial charge < -0.3 is 5.32 Å². The summed E-state index contributed by atoms with van der Waals surface area (Å²) in [6.45, 7) is 6.85. The smallest absolute Gasteiger partial charge is 0.0237 e. The molecule has 2 rings (SSSR count). The SMILES string of the molecule is CCC1CN(Cc2ccccc2CNC)CCS1. The molecule has 2 nitrogen and oxygen atoms in total. The Morgan fingerprint density at radius 1 is 1.33 bits per heavy atom. The van der Waals surface area contributed by atoms with Gasteiger partial charge in [-0.15, -0.1) is 0 Å². The van der Waals surface area contributed by atoms with Crippen LogP contribution >= 0.6 is 11.8 Å². The normalized spacial score (nSPS) is 21.1. The molecule has 100 valence electrons. The van der Waals surface area contributed by atoms with E-state index in [-0.39, 0.29) is 0 Å². The maximum atomic E-state index is 3.26. The van der Waals surface area contributed by atoms with Crippen LogP contribution in [0.15, 0.2) is 24.3 Å². The molecule has 1 atom stereocenters. The number of rotatable bonds is 5. The third-order valence-electron chi connectivity index (χ3n) is 3.56. The highest BCUT2D eigenvalue weighted by Crippen LogP contribution is 2.23. The summed E-state index contributed by atoms with van der Waals surface area (Å²) in [6.07, 6.45) is 1.29. The lowest BCUT2D eigenvalue weighted by molar-refractivity contribution is 0.272. The molecule has 0 aliphatic carbocycles. The van der Waals surface area contributed by atoms with Crippen molar-refractivity contribution in [2.24, 2.45) is 0 Å². The second kappa shape index (κ2) is 7.17. The highest BCUT2D eigenvalue weighted by Gasteiger charge is 2.19. The van der Waals surface area contributed by atoms with Gasteiger partial charge in [-0.25, -0.2) is 0 Å². The third-order valence-corrected chi connectivity index (χ3v) is 4.93. The average Bonchev–Trinajstić information content (AvgIpc) is 2.41. The van der Waals surface area contributed by atoms with Gasteiger partial charge in [0, 0.05) is 37.2 Å². The lowest BCUT2D eigenvalue weighted by Gasteiger charge is -2.32. The maximum absolute atomic E-state index is 3.26. The van der Waals surface area contributed by atoms with Crippen molar-refractivity contribution in [3.8, 4) is 0 Å². The van der Waals surface area contributed by atoms with Crippen molar-refractivity contribution < 1.29 is 0 Å². The van der Waals surface area contributed by atoms with E-state index in [1.165, 1.54) is 36.4 Å². The van der Waals surface area contributed by atoms with E-state index in [0.717, 1.165) is 18.3 Å². The van der Waals surface area contributed by atoms with Crippen molar-refractivity contribution in [2.75, 3.05) is 25.9 Å². The van der Waals surface area contributed by atoms with Crippen LogP contribution in [0.2, 0.25) is 0 Å². The zero-order valence-electron chi connectivity index (χ0n) is 11.5. The molecule has 0 spiro atoms. The van der Waals surface area contributed by atoms with Crippen LogP contribution < -0.4 is 5.32 Å². The van der Waals surface area contributed by atoms with Gasteiger partial charge in [0.25, 0.3) is 0 Å². The fourth-order valence-corrected chi connectivity index (χ4v) is 3.74. The van der Waals surface area contributed by atoms with Crippen molar-refractivity contribution in [1.29, 1.82) is 0 Å². The van der Waals surface area contributed by atoms with E-state index in [4.69, 9.17) is 0 Å². The molecule has 1 N–H and O–H groups in total. The molecule has 0 aromatic heterocycles. The first kappa shape index (κ1) is 13.9. The third kappa shape index (κ3) is 3.74. The standard InChI is InChI=1S/C15H24N2S/c1-3-15-12-17(8-9-18-15)11-14-7-5-4-6-13(14)10-16-2/h4-7,15-16H,3,8-12H2,1-2H3. The second-order valence-electron chi connectivity index (χ2n) is 4.94. The summed E-state index contributed by atoms with van der Waals surface area (Å²) in [7, 11) is 2.02. The largest absolute Gasteiger partial charge is 0.316 e. The first-order chi connectivity index (χ1) is 8.83. The van der Waals surface area contributed by atoms with Crippen LogP contribution in [0.3, 0.4) is 0 Å². The number of hydrogen-bond acceptors (Lipinski definition) is 3. The number of hydrogen-bond donors (Lipinski definition) is 1. The van der Waals surface area contributed by atoms with E-state index in [1.54, 1.807) is 0 Å². The summed E-state index contributed by atoms with van der Waals surface area (Å²) in [6, 6.07) is 8.80. The van der Waals surface area contributed by atoms with E-state index in [2.05, 4.69) is 53.2 Å². The van der Waals surface area contributed by atoms with E-state index < -0.39 is 0 Å². The number of benzene rings is 1. The Bertz CT molecular complexity index is 367. The predicted octanol–water partition coefficient (Wildman–Crippen LogP) is 2.73. The lowest BCUT2D eigenvalue weighted by atomic mass is 10.1. The van der Waals surface area contributed by atoms with Crippen molar-refractivity contribution in [2.45, 2.75) is 31.7 Å². The molecule has 3 heteroatoms. The molecule has 1 aliphatic rings. The molecule has 1 aliphatic heterocycles. The lowest BCUT2D eigenvalue weighted by Crippen LogP contribution is -2.37. The number of thioether (sulfide) groups is 1. The topological polar surface area (TPSA) is 15.3 Å². The molecular weight excluding hydrogens is 240 g/mol. The van der Waals surface area contributed by atoms with Crippen LogP contribution in [-0.4, -0.2) is 36.0 Å². The van der Waals surface area contributed by atoms with Crippen LogP contribution in [0, 0.1) is 0 Å². The Balaban J connectivity index is 1.99. The number of nitrogens with zero attached hydrogens (tertiary/aromatic N) is 1. The Morgan fingerprint density at radius 2 is 2.11 bits per heavy atom. The van der Waals surface area contributed by atoms with Crippen LogP contribution in [0.5, 0.6) is 0 Å². The minimum absolute atomic E-state index is 0.829. The Labute approximate surface area is 115 Å². The molecule has 1 aromatic rings. The maximum Gasteiger partial charge on any atom is 0.0237 e. The van der Waals surface area contributed by atoms with Gasteiger partial charge in [0.2, 0.25) is 0 Å². The van der Waals surface area contributed by atoms with E-state index in [9.17, 15) is 0 Å². The Kier molecular flexibility index (Phi) is 5.54. The first-order valence-corrected chi connectivity index (χ1v) is 7.93. The molecule has 0 radical (unpaired) electrons. The molecule has 18 heavy (non-hydrogen) atoms. The van der Waals surface area contributed by atoms with Crippen LogP contribution in [-0.2, 0) is 13.1 Å². The van der Waals surface area contributed by atoms with Gasteiger partial charge in [-0.05, 0) is 24.6 Å². The summed E-state index contributed by atoms with van der Waals surface area (Å²) in [5.41, 5.74) is 2.92. The van der Waals surface area contributed by atoms with Gasteiger partial charge in [0.05, 0.1) is 0 Å². The molecule has 1 fully saturated rings. The van der Waals surface area contributed by atoms with Crippen molar-refractivity contribution in [1.82, 2.24) is 10.2 Å². The van der Waals surface area contributed by atoms with E-state index in [1.807, 2.05) is 7.05 Å². The fourth-order valence-electron chi connectivity index (χ4n) is 2.49. The quantitative estimate of drug-likeness (QED) is 0.880. The minimum atomic E-state index is 0.829. The molecule has 0 bridgehead atoms. The number of nitrogens with one attached hydrogen (secondary N) is 1. The highest BCUT2D eigenvalue weighted by molar-refractivity contribution is 8.00. The van der Waals surface area contributed by atoms with Crippen molar-refractivity contribution in [3.63, 3.8) is 0 Å². The van der Waals surface area contributed by atoms with Gasteiger partial charge in [-0.1, -0.05) is 31.2 Å². The fraction of sp³-hybridized carbons (Fsp3) is 0.600. The molecule has 1 heterocycles. The van der Waals surface area contributed by atoms with Crippen molar-refractivity contribution >= 4 is 11.8 Å². The molecule has 1 aromatic carbocycles. The van der Waals surface area contributed by atoms with Gasteiger partial charge in [0.1, 0.15) is 0 Å². The zero-order chi connectivity index (χ0) is 12.8. The second-order valence-corrected chi connectivity index (χ2v) is 6.34. The summed E-state index contributed by atoms with van der Waals surface area (Å²) in [5.74, 6) is 1.28. The summed E-state index contributed by atoms with van der Waals surface area (Å²) in [4.78, 5) is 2.61. The zero-order valence-corrected chi connectivity index (χ0v) is 12.3. The monoisotopic (exact) mass is 264 g/mol. The summed E-state index contributed by atoms with van der Waals surface area (Å²) < 4.78 is 0. The van der Waals surface area contributed by atoms with Crippen LogP contribution in [0.25, 0.3) is 0 Å². The van der Waals surface area contributed by atoms with E-state index in [0.29, 0.717) is 0 Å². The van der Waals surface area contributed by atoms with Crippen LogP contribution in [0.1, 0.15) is 24.5 Å². The van der Waals surface area contributed by atoms with E-state index >= 15 is 0 Å². The summed E-state index contributed by atoms with van der Waals surface area (Å²) in [5, 5.41) is 4.09. The van der Waals surface area contributed by atoms with Gasteiger partial charge in [-0.2, -0.15) is 11.8 Å². The predicted molar refractivity (Wildman–Crippen MR) is 81.0 cm³/mol. The van der Waals surface area contributed by atoms with Crippen LogP contribution in [0.4, 0.5) is 0 Å². The minimum Gasteiger partial charge on any atom is -0.316 e. The Morgan fingerprint density at radius 3 is 2.83 bits per heavy atom. The summed E-state index contributed by atoms with van der Waals surface area (Å²) >= 11 is 2.14. The van der Waals surface area contributed by atoms with Gasteiger partial charge in [0.15, 0.2) is 0 Å². The molecule has 0 saturated carbocycles. The molecule has 1 saturated heterocycles. The Hall–Kier alpha value is -0.510. The molecule has 0 amide bonds.